The van der Waals surface area contributed by atoms with E-state index in [0.29, 0.717) is 12.1 Å². The van der Waals surface area contributed by atoms with Crippen LogP contribution in [0.15, 0.2) is 12.5 Å². The summed E-state index contributed by atoms with van der Waals surface area (Å²) in [5.74, 6) is -3.13. The summed E-state index contributed by atoms with van der Waals surface area (Å²) in [5, 5.41) is 17.1. The number of hydrogen-bond acceptors (Lipinski definition) is 7. The average molecular weight is 485 g/mol. The smallest absolute Gasteiger partial charge is 0.326 e. The second-order valence-electron chi connectivity index (χ2n) is 8.53. The molecule has 0 saturated heterocycles. The van der Waals surface area contributed by atoms with E-state index in [9.17, 15) is 24.3 Å². The third kappa shape index (κ3) is 9.42. The number of nitrogens with zero attached hydrogens (tertiary/aromatic N) is 1. The number of H-pyrrole nitrogens is 1. The minimum Gasteiger partial charge on any atom is -0.480 e. The number of nitrogens with two attached hydrogens (primary N) is 1. The number of aromatic nitrogens is 2. The maximum absolute atomic E-state index is 12.9. The van der Waals surface area contributed by atoms with Crippen molar-refractivity contribution in [3.05, 3.63) is 18.2 Å². The number of nitrogens with one attached hydrogen (secondary N) is 4. The Kier molecular flexibility index (Phi) is 11.9. The lowest BCUT2D eigenvalue weighted by molar-refractivity contribution is -0.143. The van der Waals surface area contributed by atoms with Gasteiger partial charge in [-0.05, 0) is 18.3 Å². The van der Waals surface area contributed by atoms with Gasteiger partial charge in [0.25, 0.3) is 0 Å². The number of rotatable bonds is 14. The maximum atomic E-state index is 12.9. The lowest BCUT2D eigenvalue weighted by Gasteiger charge is -2.28. The summed E-state index contributed by atoms with van der Waals surface area (Å²) in [4.78, 5) is 56.4. The van der Waals surface area contributed by atoms with E-state index in [0.717, 1.165) is 0 Å². The average Bonchev–Trinajstić information content (AvgIpc) is 3.26. The van der Waals surface area contributed by atoms with Crippen LogP contribution in [0.5, 0.6) is 0 Å². The summed E-state index contributed by atoms with van der Waals surface area (Å²) in [6, 6.07) is -3.99. The topological polar surface area (TPSA) is 179 Å². The molecule has 186 valence electrons. The summed E-state index contributed by atoms with van der Waals surface area (Å²) in [6.07, 6.45) is 4.05. The normalized spacial score (nSPS) is 15.7. The zero-order valence-corrected chi connectivity index (χ0v) is 20.4. The van der Waals surface area contributed by atoms with Crippen molar-refractivity contribution in [3.63, 3.8) is 0 Å². The number of carbonyl (C=O) groups excluding carboxylic acids is 3. The molecule has 7 N–H and O–H groups in total. The number of aliphatic carboxylic acids is 1. The summed E-state index contributed by atoms with van der Waals surface area (Å²) in [7, 11) is 0. The lowest BCUT2D eigenvalue weighted by atomic mass is 9.96. The minimum absolute atomic E-state index is 0.0195. The highest BCUT2D eigenvalue weighted by Gasteiger charge is 2.32. The summed E-state index contributed by atoms with van der Waals surface area (Å²) in [6.45, 7) is 7.34. The molecule has 0 aliphatic rings. The molecular formula is C21H36N6O5S. The van der Waals surface area contributed by atoms with E-state index in [-0.39, 0.29) is 30.4 Å². The number of carbonyl (C=O) groups is 4. The van der Waals surface area contributed by atoms with E-state index in [1.165, 1.54) is 6.33 Å². The van der Waals surface area contributed by atoms with Crippen molar-refractivity contribution in [2.45, 2.75) is 71.1 Å². The Hall–Kier alpha value is -2.60. The molecule has 11 nitrogen and oxygen atoms in total. The van der Waals surface area contributed by atoms with Crippen molar-refractivity contribution in [3.8, 4) is 0 Å². The van der Waals surface area contributed by atoms with Crippen molar-refractivity contribution in [2.24, 2.45) is 17.6 Å². The van der Waals surface area contributed by atoms with Gasteiger partial charge in [-0.2, -0.15) is 12.6 Å². The third-order valence-corrected chi connectivity index (χ3v) is 5.63. The minimum atomic E-state index is -1.14. The van der Waals surface area contributed by atoms with Crippen molar-refractivity contribution < 1.29 is 24.3 Å². The fraction of sp³-hybridized carbons (Fsp3) is 0.667. The number of thiol groups is 1. The monoisotopic (exact) mass is 484 g/mol. The van der Waals surface area contributed by atoms with Crippen LogP contribution in [0.25, 0.3) is 0 Å². The van der Waals surface area contributed by atoms with Crippen LogP contribution in [0, 0.1) is 11.8 Å². The van der Waals surface area contributed by atoms with E-state index in [1.54, 1.807) is 13.1 Å². The molecule has 0 aliphatic heterocycles. The molecule has 5 atom stereocenters. The molecule has 33 heavy (non-hydrogen) atoms. The molecule has 0 aromatic carbocycles. The standard InChI is InChI=1S/C21H36N6O5S/c1-5-12(4)17(20(30)25-15(21(31)32)6-11(2)3)27-19(29)16(9-33)26-18(28)14(22)7-13-8-23-10-24-13/h8,10-12,14-17,33H,5-7,9,22H2,1-4H3,(H,23,24)(H,25,30)(H,26,28)(H,27,29)(H,31,32). The van der Waals surface area contributed by atoms with Gasteiger partial charge in [0.05, 0.1) is 12.4 Å². The Bertz CT molecular complexity index is 788. The van der Waals surface area contributed by atoms with Crippen molar-refractivity contribution in [1.29, 1.82) is 0 Å². The van der Waals surface area contributed by atoms with Crippen molar-refractivity contribution in [1.82, 2.24) is 25.9 Å². The molecule has 1 aromatic rings. The van der Waals surface area contributed by atoms with Gasteiger partial charge in [-0.25, -0.2) is 9.78 Å². The van der Waals surface area contributed by atoms with Gasteiger partial charge in [-0.1, -0.05) is 34.1 Å². The lowest BCUT2D eigenvalue weighted by Crippen LogP contribution is -2.59. The molecule has 0 fully saturated rings. The number of carboxylic acids is 1. The van der Waals surface area contributed by atoms with Gasteiger partial charge in [0.15, 0.2) is 0 Å². The van der Waals surface area contributed by atoms with E-state index in [4.69, 9.17) is 5.73 Å². The van der Waals surface area contributed by atoms with Gasteiger partial charge in [-0.15, -0.1) is 0 Å². The largest absolute Gasteiger partial charge is 0.480 e. The van der Waals surface area contributed by atoms with Crippen LogP contribution in [-0.4, -0.2) is 68.7 Å². The first-order chi connectivity index (χ1) is 15.5. The summed E-state index contributed by atoms with van der Waals surface area (Å²) in [5.41, 5.74) is 6.59. The third-order valence-electron chi connectivity index (χ3n) is 5.26. The zero-order valence-electron chi connectivity index (χ0n) is 19.5. The Morgan fingerprint density at radius 1 is 1.09 bits per heavy atom. The Labute approximate surface area is 199 Å². The predicted octanol–water partition coefficient (Wildman–Crippen LogP) is -0.159. The fourth-order valence-electron chi connectivity index (χ4n) is 3.11. The molecule has 0 spiro atoms. The van der Waals surface area contributed by atoms with E-state index in [1.807, 2.05) is 20.8 Å². The second kappa shape index (κ2) is 13.8. The highest BCUT2D eigenvalue weighted by Crippen LogP contribution is 2.11. The molecule has 1 aromatic heterocycles. The Balaban J connectivity index is 2.84. The van der Waals surface area contributed by atoms with Crippen LogP contribution in [-0.2, 0) is 25.6 Å². The molecule has 0 aliphatic carbocycles. The highest BCUT2D eigenvalue weighted by atomic mass is 32.1. The van der Waals surface area contributed by atoms with Crippen LogP contribution in [0.1, 0.15) is 46.2 Å². The highest BCUT2D eigenvalue weighted by molar-refractivity contribution is 7.80. The number of imidazole rings is 1. The van der Waals surface area contributed by atoms with Crippen LogP contribution >= 0.6 is 12.6 Å². The molecule has 1 rings (SSSR count). The van der Waals surface area contributed by atoms with Gasteiger partial charge in [0.2, 0.25) is 17.7 Å². The summed E-state index contributed by atoms with van der Waals surface area (Å²) >= 11 is 4.15. The SMILES string of the molecule is CCC(C)C(NC(=O)C(CS)NC(=O)C(N)Cc1cnc[nH]1)C(=O)NC(CC(C)C)C(=O)O. The first-order valence-corrected chi connectivity index (χ1v) is 11.6. The zero-order chi connectivity index (χ0) is 25.1. The predicted molar refractivity (Wildman–Crippen MR) is 126 cm³/mol. The number of carboxylic acid groups (broad SMARTS) is 1. The Morgan fingerprint density at radius 3 is 2.21 bits per heavy atom. The van der Waals surface area contributed by atoms with Gasteiger partial charge >= 0.3 is 5.97 Å². The van der Waals surface area contributed by atoms with Crippen molar-refractivity contribution in [2.75, 3.05) is 5.75 Å². The molecule has 12 heteroatoms. The first kappa shape index (κ1) is 28.4. The molecule has 3 amide bonds. The molecule has 5 unspecified atom stereocenters. The van der Waals surface area contributed by atoms with Crippen LogP contribution in [0.3, 0.4) is 0 Å². The fourth-order valence-corrected chi connectivity index (χ4v) is 3.37. The van der Waals surface area contributed by atoms with Crippen LogP contribution in [0.2, 0.25) is 0 Å². The first-order valence-electron chi connectivity index (χ1n) is 11.0. The summed E-state index contributed by atoms with van der Waals surface area (Å²) < 4.78 is 0. The second-order valence-corrected chi connectivity index (χ2v) is 8.90. The van der Waals surface area contributed by atoms with E-state index < -0.39 is 47.9 Å². The molecule has 0 saturated carbocycles. The molecule has 0 radical (unpaired) electrons. The van der Waals surface area contributed by atoms with Gasteiger partial charge in [0, 0.05) is 24.1 Å². The Morgan fingerprint density at radius 2 is 1.73 bits per heavy atom. The van der Waals surface area contributed by atoms with Gasteiger partial charge < -0.3 is 31.8 Å². The van der Waals surface area contributed by atoms with Crippen LogP contribution < -0.4 is 21.7 Å². The van der Waals surface area contributed by atoms with Gasteiger partial charge in [0.1, 0.15) is 18.1 Å². The van der Waals surface area contributed by atoms with Gasteiger partial charge in [-0.3, -0.25) is 14.4 Å². The van der Waals surface area contributed by atoms with Crippen LogP contribution in [0.4, 0.5) is 0 Å². The number of amides is 3. The molecule has 1 heterocycles. The molecule has 0 bridgehead atoms. The van der Waals surface area contributed by atoms with Crippen molar-refractivity contribution >= 4 is 36.3 Å². The number of aromatic amines is 1. The molecular weight excluding hydrogens is 448 g/mol. The number of hydrogen-bond donors (Lipinski definition) is 7. The maximum Gasteiger partial charge on any atom is 0.326 e. The quantitative estimate of drug-likeness (QED) is 0.179. The van der Waals surface area contributed by atoms with E-state index >= 15 is 0 Å². The van der Waals surface area contributed by atoms with E-state index in [2.05, 4.69) is 38.5 Å².